The van der Waals surface area contributed by atoms with Crippen LogP contribution < -0.4 is 5.32 Å². The number of hydrogen-bond donors (Lipinski definition) is 1. The number of nitrogens with zero attached hydrogens (tertiary/aromatic N) is 2. The predicted octanol–water partition coefficient (Wildman–Crippen LogP) is 4.46. The third-order valence-corrected chi connectivity index (χ3v) is 7.13. The summed E-state index contributed by atoms with van der Waals surface area (Å²) >= 11 is 0. The molecule has 0 unspecified atom stereocenters. The summed E-state index contributed by atoms with van der Waals surface area (Å²) in [6, 6.07) is 17.0. The van der Waals surface area contributed by atoms with Crippen molar-refractivity contribution in [3.8, 4) is 0 Å². The first-order chi connectivity index (χ1) is 14.7. The number of fused-ring (bicyclic) bond motifs is 3. The van der Waals surface area contributed by atoms with Gasteiger partial charge in [-0.15, -0.1) is 0 Å². The summed E-state index contributed by atoms with van der Waals surface area (Å²) in [5, 5.41) is 4.88. The van der Waals surface area contributed by atoms with Gasteiger partial charge >= 0.3 is 0 Å². The molecule has 4 aromatic rings. The molecule has 1 N–H and O–H groups in total. The Hall–Kier alpha value is -3.23. The van der Waals surface area contributed by atoms with Crippen molar-refractivity contribution in [1.29, 1.82) is 0 Å². The largest absolute Gasteiger partial charge is 0.341 e. The van der Waals surface area contributed by atoms with Gasteiger partial charge in [-0.25, -0.2) is 17.1 Å². The van der Waals surface area contributed by atoms with Gasteiger partial charge in [-0.1, -0.05) is 18.2 Å². The summed E-state index contributed by atoms with van der Waals surface area (Å²) in [5.41, 5.74) is 2.79. The predicted molar refractivity (Wildman–Crippen MR) is 120 cm³/mol. The highest BCUT2D eigenvalue weighted by atomic mass is 32.2. The summed E-state index contributed by atoms with van der Waals surface area (Å²) in [6.45, 7) is 2.89. The van der Waals surface area contributed by atoms with Crippen LogP contribution in [0.1, 0.15) is 17.3 Å². The lowest BCUT2D eigenvalue weighted by Gasteiger charge is -2.13. The number of aryl methyl sites for hydroxylation is 1. The van der Waals surface area contributed by atoms with Crippen LogP contribution in [0.3, 0.4) is 0 Å². The Morgan fingerprint density at radius 1 is 1.00 bits per heavy atom. The Bertz CT molecular complexity index is 1430. The van der Waals surface area contributed by atoms with E-state index < -0.39 is 26.6 Å². The van der Waals surface area contributed by atoms with E-state index in [1.54, 1.807) is 6.07 Å². The molecule has 4 rings (SSSR count). The number of hydrogen-bond acceptors (Lipinski definition) is 3. The van der Waals surface area contributed by atoms with Crippen LogP contribution in [0.25, 0.3) is 21.8 Å². The highest BCUT2D eigenvalue weighted by molar-refractivity contribution is 7.89. The van der Waals surface area contributed by atoms with Crippen LogP contribution >= 0.6 is 0 Å². The molecule has 1 heterocycles. The van der Waals surface area contributed by atoms with Crippen molar-refractivity contribution >= 4 is 43.4 Å². The molecular weight excluding hydrogens is 417 g/mol. The first-order valence-corrected chi connectivity index (χ1v) is 11.2. The highest BCUT2D eigenvalue weighted by Crippen LogP contribution is 2.31. The van der Waals surface area contributed by atoms with Gasteiger partial charge in [0.15, 0.2) is 0 Å². The molecule has 31 heavy (non-hydrogen) atoms. The van der Waals surface area contributed by atoms with E-state index in [0.717, 1.165) is 44.8 Å². The highest BCUT2D eigenvalue weighted by Gasteiger charge is 2.23. The zero-order chi connectivity index (χ0) is 22.3. The van der Waals surface area contributed by atoms with E-state index in [0.29, 0.717) is 5.69 Å². The van der Waals surface area contributed by atoms with Gasteiger partial charge < -0.3 is 9.88 Å². The average Bonchev–Trinajstić information content (AvgIpc) is 3.06. The smallest absolute Gasteiger partial charge is 0.255 e. The molecule has 3 aromatic carbocycles. The standard InChI is InChI=1S/C23H22FN3O3S/c1-4-27-20-8-6-5-7-17(20)18-14-16(10-12-21(18)27)25-23(28)15-9-11-19(24)22(13-15)31(29,30)26(2)3/h5-14H,4H2,1-3H3,(H,25,28). The first kappa shape index (κ1) is 21.0. The monoisotopic (exact) mass is 439 g/mol. The number of benzene rings is 3. The van der Waals surface area contributed by atoms with E-state index in [4.69, 9.17) is 0 Å². The number of amides is 1. The summed E-state index contributed by atoms with van der Waals surface area (Å²) in [7, 11) is -1.40. The van der Waals surface area contributed by atoms with E-state index in [9.17, 15) is 17.6 Å². The Labute approximate surface area is 179 Å². The van der Waals surface area contributed by atoms with Gasteiger partial charge in [-0.3, -0.25) is 4.79 Å². The Morgan fingerprint density at radius 3 is 2.42 bits per heavy atom. The molecule has 1 aromatic heterocycles. The van der Waals surface area contributed by atoms with Crippen LogP contribution in [0.4, 0.5) is 10.1 Å². The summed E-state index contributed by atoms with van der Waals surface area (Å²) < 4.78 is 41.9. The van der Waals surface area contributed by atoms with Gasteiger partial charge in [-0.05, 0) is 49.4 Å². The van der Waals surface area contributed by atoms with Crippen molar-refractivity contribution in [2.45, 2.75) is 18.4 Å². The topological polar surface area (TPSA) is 71.4 Å². The molecule has 0 radical (unpaired) electrons. The normalized spacial score (nSPS) is 12.0. The van der Waals surface area contributed by atoms with Crippen LogP contribution in [-0.4, -0.2) is 37.3 Å². The molecule has 0 bridgehead atoms. The third-order valence-electron chi connectivity index (χ3n) is 5.30. The molecule has 0 spiro atoms. The van der Waals surface area contributed by atoms with Crippen molar-refractivity contribution in [2.75, 3.05) is 19.4 Å². The Kier molecular flexibility index (Phi) is 5.28. The number of halogens is 1. The van der Waals surface area contributed by atoms with Gasteiger partial charge in [0.25, 0.3) is 5.91 Å². The number of nitrogens with one attached hydrogen (secondary N) is 1. The van der Waals surface area contributed by atoms with E-state index in [1.165, 1.54) is 20.2 Å². The maximum Gasteiger partial charge on any atom is 0.255 e. The molecular formula is C23H22FN3O3S. The molecule has 0 saturated heterocycles. The van der Waals surface area contributed by atoms with Gasteiger partial charge in [0.1, 0.15) is 10.7 Å². The maximum atomic E-state index is 14.1. The zero-order valence-corrected chi connectivity index (χ0v) is 18.2. The molecule has 0 aliphatic carbocycles. The lowest BCUT2D eigenvalue weighted by Crippen LogP contribution is -2.24. The molecule has 6 nitrogen and oxygen atoms in total. The number of para-hydroxylation sites is 1. The van der Waals surface area contributed by atoms with E-state index >= 15 is 0 Å². The molecule has 0 aliphatic rings. The molecule has 1 amide bonds. The molecule has 0 fully saturated rings. The van der Waals surface area contributed by atoms with Gasteiger partial charge in [-0.2, -0.15) is 0 Å². The molecule has 8 heteroatoms. The maximum absolute atomic E-state index is 14.1. The minimum absolute atomic E-state index is 0.0536. The van der Waals surface area contributed by atoms with Crippen molar-refractivity contribution in [2.24, 2.45) is 0 Å². The van der Waals surface area contributed by atoms with Crippen LogP contribution in [0, 0.1) is 5.82 Å². The summed E-state index contributed by atoms with van der Waals surface area (Å²) in [6.07, 6.45) is 0. The Balaban J connectivity index is 1.72. The van der Waals surface area contributed by atoms with Gasteiger partial charge in [0, 0.05) is 53.7 Å². The lowest BCUT2D eigenvalue weighted by atomic mass is 10.1. The number of rotatable bonds is 5. The second-order valence-electron chi connectivity index (χ2n) is 7.38. The van der Waals surface area contributed by atoms with Crippen molar-refractivity contribution < 1.29 is 17.6 Å². The molecule has 0 atom stereocenters. The fraction of sp³-hybridized carbons (Fsp3) is 0.174. The minimum Gasteiger partial charge on any atom is -0.341 e. The SMILES string of the molecule is CCn1c2ccccc2c2cc(NC(=O)c3ccc(F)c(S(=O)(=O)N(C)C)c3)ccc21. The summed E-state index contributed by atoms with van der Waals surface area (Å²) in [5.74, 6) is -1.42. The van der Waals surface area contributed by atoms with Crippen LogP contribution in [-0.2, 0) is 16.6 Å². The third kappa shape index (κ3) is 3.58. The number of carbonyl (C=O) groups is 1. The van der Waals surface area contributed by atoms with Crippen LogP contribution in [0.2, 0.25) is 0 Å². The lowest BCUT2D eigenvalue weighted by molar-refractivity contribution is 0.102. The minimum atomic E-state index is -4.01. The van der Waals surface area contributed by atoms with E-state index in [-0.39, 0.29) is 5.56 Å². The fourth-order valence-corrected chi connectivity index (χ4v) is 4.70. The Morgan fingerprint density at radius 2 is 1.71 bits per heavy atom. The van der Waals surface area contributed by atoms with Crippen molar-refractivity contribution in [1.82, 2.24) is 8.87 Å². The van der Waals surface area contributed by atoms with Crippen molar-refractivity contribution in [3.05, 3.63) is 72.0 Å². The number of aromatic nitrogens is 1. The van der Waals surface area contributed by atoms with Crippen LogP contribution in [0.15, 0.2) is 65.6 Å². The quantitative estimate of drug-likeness (QED) is 0.499. The van der Waals surface area contributed by atoms with E-state index in [1.807, 2.05) is 30.3 Å². The zero-order valence-electron chi connectivity index (χ0n) is 17.4. The fourth-order valence-electron chi connectivity index (χ4n) is 3.71. The number of anilines is 1. The average molecular weight is 440 g/mol. The number of sulfonamides is 1. The van der Waals surface area contributed by atoms with Gasteiger partial charge in [0.05, 0.1) is 0 Å². The molecule has 160 valence electrons. The summed E-state index contributed by atoms with van der Waals surface area (Å²) in [4.78, 5) is 12.3. The second kappa shape index (κ2) is 7.79. The number of carbonyl (C=O) groups excluding carboxylic acids is 1. The van der Waals surface area contributed by atoms with Gasteiger partial charge in [0.2, 0.25) is 10.0 Å². The van der Waals surface area contributed by atoms with Crippen molar-refractivity contribution in [3.63, 3.8) is 0 Å². The first-order valence-electron chi connectivity index (χ1n) is 9.78. The molecule has 0 aliphatic heterocycles. The molecule has 0 saturated carbocycles. The van der Waals surface area contributed by atoms with Crippen LogP contribution in [0.5, 0.6) is 0 Å². The second-order valence-corrected chi connectivity index (χ2v) is 9.50. The van der Waals surface area contributed by atoms with E-state index in [2.05, 4.69) is 22.9 Å².